The number of carbonyl (C=O) groups excluding carboxylic acids is 2. The molecular weight excluding hydrogens is 394 g/mol. The van der Waals surface area contributed by atoms with Crippen molar-refractivity contribution in [2.24, 2.45) is 11.8 Å². The number of nitrogens with one attached hydrogen (secondary N) is 1. The van der Waals surface area contributed by atoms with Crippen LogP contribution in [0.1, 0.15) is 18.4 Å². The lowest BCUT2D eigenvalue weighted by molar-refractivity contribution is -0.383. The van der Waals surface area contributed by atoms with E-state index in [0.717, 1.165) is 10.5 Å². The molecule has 1 aliphatic heterocycles. The number of nitro benzene ring substituents is 1. The summed E-state index contributed by atoms with van der Waals surface area (Å²) in [6.07, 6.45) is 4.84. The Hall–Kier alpha value is -3.19. The summed E-state index contributed by atoms with van der Waals surface area (Å²) in [5.74, 6) is -1.36. The summed E-state index contributed by atoms with van der Waals surface area (Å²) in [5, 5.41) is 15.2. The Morgan fingerprint density at radius 2 is 1.72 bits per heavy atom. The van der Waals surface area contributed by atoms with Crippen molar-refractivity contribution in [3.8, 4) is 0 Å². The van der Waals surface area contributed by atoms with Crippen LogP contribution in [0.3, 0.4) is 0 Å². The molecular formula is C21H18ClN3O4. The number of benzene rings is 2. The fourth-order valence-electron chi connectivity index (χ4n) is 3.85. The number of fused-ring (bicyclic) bond motifs is 1. The van der Waals surface area contributed by atoms with Crippen molar-refractivity contribution in [2.75, 3.05) is 10.2 Å². The third-order valence-electron chi connectivity index (χ3n) is 5.37. The van der Waals surface area contributed by atoms with Crippen molar-refractivity contribution in [3.63, 3.8) is 0 Å². The van der Waals surface area contributed by atoms with E-state index in [1.807, 2.05) is 24.3 Å². The van der Waals surface area contributed by atoms with Crippen molar-refractivity contribution in [2.45, 2.75) is 19.4 Å². The van der Waals surface area contributed by atoms with Crippen LogP contribution in [0, 0.1) is 22.0 Å². The minimum absolute atomic E-state index is 0.205. The molecule has 1 fully saturated rings. The second-order valence-electron chi connectivity index (χ2n) is 7.07. The number of hydrogen-bond acceptors (Lipinski definition) is 5. The molecule has 2 aromatic rings. The minimum atomic E-state index is -0.530. The summed E-state index contributed by atoms with van der Waals surface area (Å²) in [7, 11) is 0. The van der Waals surface area contributed by atoms with Crippen molar-refractivity contribution >= 4 is 40.5 Å². The second kappa shape index (κ2) is 7.67. The highest BCUT2D eigenvalue weighted by Crippen LogP contribution is 2.39. The topological polar surface area (TPSA) is 92.6 Å². The monoisotopic (exact) mass is 411 g/mol. The first-order valence-corrected chi connectivity index (χ1v) is 9.63. The highest BCUT2D eigenvalue weighted by Gasteiger charge is 2.48. The molecule has 0 saturated carbocycles. The van der Waals surface area contributed by atoms with Gasteiger partial charge in [0.05, 0.1) is 22.4 Å². The largest absolute Gasteiger partial charge is 0.375 e. The number of amides is 2. The average molecular weight is 412 g/mol. The summed E-state index contributed by atoms with van der Waals surface area (Å²) >= 11 is 6.14. The number of anilines is 2. The Morgan fingerprint density at radius 3 is 2.34 bits per heavy atom. The van der Waals surface area contributed by atoms with Crippen molar-refractivity contribution in [1.29, 1.82) is 0 Å². The van der Waals surface area contributed by atoms with E-state index in [1.165, 1.54) is 12.1 Å². The summed E-state index contributed by atoms with van der Waals surface area (Å²) in [5.41, 5.74) is 1.11. The Labute approximate surface area is 172 Å². The summed E-state index contributed by atoms with van der Waals surface area (Å²) in [4.78, 5) is 37.7. The van der Waals surface area contributed by atoms with Crippen LogP contribution in [-0.2, 0) is 16.1 Å². The van der Waals surface area contributed by atoms with Crippen molar-refractivity contribution < 1.29 is 14.5 Å². The van der Waals surface area contributed by atoms with Gasteiger partial charge >= 0.3 is 0 Å². The summed E-state index contributed by atoms with van der Waals surface area (Å²) in [6.45, 7) is 0.303. The smallest absolute Gasteiger partial charge is 0.294 e. The van der Waals surface area contributed by atoms with E-state index in [9.17, 15) is 19.7 Å². The van der Waals surface area contributed by atoms with Gasteiger partial charge in [-0.2, -0.15) is 0 Å². The van der Waals surface area contributed by atoms with Gasteiger partial charge < -0.3 is 5.32 Å². The standard InChI is InChI=1S/C21H18ClN3O4/c22-17-8-4-1-5-13(17)12-23-18-10-9-14(11-19(18)25(28)29)24-20(26)15-6-2-3-7-16(15)21(24)27/h1-5,8-11,15-16,23H,6-7,12H2/t15-,16+. The number of rotatable bonds is 5. The molecule has 0 spiro atoms. The van der Waals surface area contributed by atoms with Crippen LogP contribution in [0.5, 0.6) is 0 Å². The fourth-order valence-corrected chi connectivity index (χ4v) is 4.05. The van der Waals surface area contributed by atoms with E-state index in [-0.39, 0.29) is 40.7 Å². The molecule has 29 heavy (non-hydrogen) atoms. The van der Waals surface area contributed by atoms with Crippen LogP contribution in [0.15, 0.2) is 54.6 Å². The van der Waals surface area contributed by atoms with Gasteiger partial charge in [0, 0.05) is 17.6 Å². The number of hydrogen-bond donors (Lipinski definition) is 1. The number of nitro groups is 1. The number of imide groups is 1. The van der Waals surface area contributed by atoms with Gasteiger partial charge in [0.25, 0.3) is 5.69 Å². The molecule has 4 rings (SSSR count). The van der Waals surface area contributed by atoms with Crippen LogP contribution >= 0.6 is 11.6 Å². The summed E-state index contributed by atoms with van der Waals surface area (Å²) in [6, 6.07) is 11.6. The fraction of sp³-hybridized carbons (Fsp3) is 0.238. The molecule has 1 N–H and O–H groups in total. The van der Waals surface area contributed by atoms with Crippen molar-refractivity contribution in [1.82, 2.24) is 0 Å². The highest BCUT2D eigenvalue weighted by atomic mass is 35.5. The van der Waals surface area contributed by atoms with Gasteiger partial charge in [0.2, 0.25) is 11.8 Å². The van der Waals surface area contributed by atoms with E-state index in [2.05, 4.69) is 5.32 Å². The number of carbonyl (C=O) groups is 2. The molecule has 1 saturated heterocycles. The van der Waals surface area contributed by atoms with Gasteiger partial charge in [0.15, 0.2) is 0 Å². The second-order valence-corrected chi connectivity index (χ2v) is 7.48. The highest BCUT2D eigenvalue weighted by molar-refractivity contribution is 6.31. The van der Waals surface area contributed by atoms with Gasteiger partial charge in [-0.05, 0) is 36.6 Å². The Balaban J connectivity index is 1.61. The average Bonchev–Trinajstić information content (AvgIpc) is 2.98. The maximum atomic E-state index is 12.7. The van der Waals surface area contributed by atoms with E-state index >= 15 is 0 Å². The van der Waals surface area contributed by atoms with E-state index < -0.39 is 4.92 Å². The molecule has 8 heteroatoms. The zero-order valence-corrected chi connectivity index (χ0v) is 16.1. The lowest BCUT2D eigenvalue weighted by Crippen LogP contribution is -2.30. The molecule has 0 aromatic heterocycles. The molecule has 2 aromatic carbocycles. The number of allylic oxidation sites excluding steroid dienone is 2. The predicted molar refractivity (Wildman–Crippen MR) is 110 cm³/mol. The zero-order valence-electron chi connectivity index (χ0n) is 15.4. The molecule has 0 radical (unpaired) electrons. The van der Waals surface area contributed by atoms with E-state index in [0.29, 0.717) is 24.4 Å². The van der Waals surface area contributed by atoms with Crippen LogP contribution in [0.2, 0.25) is 5.02 Å². The van der Waals surface area contributed by atoms with E-state index in [4.69, 9.17) is 11.6 Å². The van der Waals surface area contributed by atoms with Gasteiger partial charge in [-0.1, -0.05) is 42.0 Å². The molecule has 1 aliphatic carbocycles. The van der Waals surface area contributed by atoms with Gasteiger partial charge in [-0.25, -0.2) is 4.90 Å². The third-order valence-corrected chi connectivity index (χ3v) is 5.74. The maximum Gasteiger partial charge on any atom is 0.294 e. The predicted octanol–water partition coefficient (Wildman–Crippen LogP) is 4.32. The Bertz CT molecular complexity index is 1010. The van der Waals surface area contributed by atoms with Crippen LogP contribution in [0.25, 0.3) is 0 Å². The molecule has 148 valence electrons. The van der Waals surface area contributed by atoms with Crippen LogP contribution in [0.4, 0.5) is 17.1 Å². The molecule has 1 heterocycles. The molecule has 0 unspecified atom stereocenters. The van der Waals surface area contributed by atoms with E-state index in [1.54, 1.807) is 18.2 Å². The SMILES string of the molecule is O=C1[C@H]2CC=CC[C@H]2C(=O)N1c1ccc(NCc2ccccc2Cl)c([N+](=O)[O-])c1. The quantitative estimate of drug-likeness (QED) is 0.342. The summed E-state index contributed by atoms with van der Waals surface area (Å²) < 4.78 is 0. The maximum absolute atomic E-state index is 12.7. The lowest BCUT2D eigenvalue weighted by Gasteiger charge is -2.16. The van der Waals surface area contributed by atoms with Crippen LogP contribution in [-0.4, -0.2) is 16.7 Å². The van der Waals surface area contributed by atoms with Gasteiger partial charge in [-0.3, -0.25) is 19.7 Å². The number of nitrogens with zero attached hydrogens (tertiary/aromatic N) is 2. The molecule has 7 nitrogen and oxygen atoms in total. The zero-order chi connectivity index (χ0) is 20.5. The molecule has 2 atom stereocenters. The minimum Gasteiger partial charge on any atom is -0.375 e. The first kappa shape index (κ1) is 19.1. The third kappa shape index (κ3) is 3.49. The first-order valence-electron chi connectivity index (χ1n) is 9.26. The molecule has 0 bridgehead atoms. The normalized spacial score (nSPS) is 20.7. The Morgan fingerprint density at radius 1 is 1.07 bits per heavy atom. The van der Waals surface area contributed by atoms with Gasteiger partial charge in [0.1, 0.15) is 5.69 Å². The molecule has 2 aliphatic rings. The Kier molecular flexibility index (Phi) is 5.07. The lowest BCUT2D eigenvalue weighted by atomic mass is 9.85. The first-order chi connectivity index (χ1) is 14.0. The van der Waals surface area contributed by atoms with Gasteiger partial charge in [-0.15, -0.1) is 0 Å². The van der Waals surface area contributed by atoms with Crippen molar-refractivity contribution in [3.05, 3.63) is 75.3 Å². The van der Waals surface area contributed by atoms with Crippen LogP contribution < -0.4 is 10.2 Å². The number of halogens is 1. The molecule has 2 amide bonds.